The minimum Gasteiger partial charge on any atom is -0.384 e. The highest BCUT2D eigenvalue weighted by molar-refractivity contribution is 7.91. The fourth-order valence-electron chi connectivity index (χ4n) is 1.90. The highest BCUT2D eigenvalue weighted by Crippen LogP contribution is 2.22. The summed E-state index contributed by atoms with van der Waals surface area (Å²) < 4.78 is 34.6. The second kappa shape index (κ2) is 9.76. The van der Waals surface area contributed by atoms with Gasteiger partial charge in [0.25, 0.3) is 0 Å². The van der Waals surface area contributed by atoms with Gasteiger partial charge in [0.05, 0.1) is 29.5 Å². The molecule has 1 aromatic carbocycles. The molecule has 5 nitrogen and oxygen atoms in total. The van der Waals surface area contributed by atoms with Gasteiger partial charge >= 0.3 is 0 Å². The Hall–Kier alpha value is -1.11. The first-order chi connectivity index (χ1) is 10.1. The lowest BCUT2D eigenvalue weighted by Gasteiger charge is -2.12. The molecule has 0 aromatic heterocycles. The molecule has 0 atom stereocenters. The van der Waals surface area contributed by atoms with E-state index >= 15 is 0 Å². The molecule has 1 aromatic rings. The van der Waals surface area contributed by atoms with Crippen molar-refractivity contribution >= 4 is 15.5 Å². The molecule has 0 radical (unpaired) electrons. The number of hydrogen-bond donors (Lipinski definition) is 1. The highest BCUT2D eigenvalue weighted by Gasteiger charge is 2.16. The Morgan fingerprint density at radius 3 is 2.62 bits per heavy atom. The van der Waals surface area contributed by atoms with Gasteiger partial charge in [-0.1, -0.05) is 19.1 Å². The monoisotopic (exact) mass is 315 g/mol. The van der Waals surface area contributed by atoms with Crippen LogP contribution in [0.5, 0.6) is 0 Å². The molecule has 0 aliphatic carbocycles. The summed E-state index contributed by atoms with van der Waals surface area (Å²) in [6, 6.07) is 7.04. The van der Waals surface area contributed by atoms with Crippen LogP contribution >= 0.6 is 0 Å². The van der Waals surface area contributed by atoms with E-state index in [1.165, 1.54) is 0 Å². The second-order valence-electron chi connectivity index (χ2n) is 4.70. The largest absolute Gasteiger partial charge is 0.384 e. The highest BCUT2D eigenvalue weighted by atomic mass is 32.2. The SMILES string of the molecule is CCCS(=O)(=O)c1ccccc1NCCCOCCOC. The third-order valence-corrected chi connectivity index (χ3v) is 4.88. The number of methoxy groups -OCH3 is 1. The van der Waals surface area contributed by atoms with Crippen molar-refractivity contribution in [2.45, 2.75) is 24.7 Å². The molecule has 0 saturated heterocycles. The van der Waals surface area contributed by atoms with E-state index in [4.69, 9.17) is 9.47 Å². The molecule has 0 fully saturated rings. The number of hydrogen-bond acceptors (Lipinski definition) is 5. The Morgan fingerprint density at radius 1 is 1.14 bits per heavy atom. The molecule has 0 amide bonds. The predicted octanol–water partition coefficient (Wildman–Crippen LogP) is 2.34. The van der Waals surface area contributed by atoms with E-state index in [2.05, 4.69) is 5.32 Å². The van der Waals surface area contributed by atoms with E-state index in [-0.39, 0.29) is 5.75 Å². The zero-order chi connectivity index (χ0) is 15.6. The molecule has 1 N–H and O–H groups in total. The Morgan fingerprint density at radius 2 is 1.90 bits per heavy atom. The maximum absolute atomic E-state index is 12.2. The Balaban J connectivity index is 2.49. The Bertz CT molecular complexity index is 502. The molecule has 0 unspecified atom stereocenters. The standard InChI is InChI=1S/C15H25NO4S/c1-3-13-21(17,18)15-8-5-4-7-14(15)16-9-6-10-20-12-11-19-2/h4-5,7-8,16H,3,6,9-13H2,1-2H3. The molecular weight excluding hydrogens is 290 g/mol. The molecule has 0 aliphatic heterocycles. The van der Waals surface area contributed by atoms with Gasteiger partial charge in [0, 0.05) is 20.3 Å². The minimum atomic E-state index is -3.21. The molecule has 120 valence electrons. The topological polar surface area (TPSA) is 64.6 Å². The zero-order valence-corrected chi connectivity index (χ0v) is 13.6. The van der Waals surface area contributed by atoms with Gasteiger partial charge in [0.1, 0.15) is 0 Å². The van der Waals surface area contributed by atoms with Crippen molar-refractivity contribution < 1.29 is 17.9 Å². The minimum absolute atomic E-state index is 0.172. The first-order valence-corrected chi connectivity index (χ1v) is 8.89. The van der Waals surface area contributed by atoms with Crippen molar-refractivity contribution in [3.8, 4) is 0 Å². The van der Waals surface area contributed by atoms with Crippen LogP contribution in [0.3, 0.4) is 0 Å². The van der Waals surface area contributed by atoms with Crippen molar-refractivity contribution in [3.63, 3.8) is 0 Å². The van der Waals surface area contributed by atoms with Crippen LogP contribution in [-0.4, -0.2) is 47.6 Å². The predicted molar refractivity (Wildman–Crippen MR) is 84.6 cm³/mol. The number of rotatable bonds is 11. The smallest absolute Gasteiger partial charge is 0.180 e. The van der Waals surface area contributed by atoms with Crippen molar-refractivity contribution in [1.82, 2.24) is 0 Å². The fraction of sp³-hybridized carbons (Fsp3) is 0.600. The normalized spacial score (nSPS) is 11.5. The van der Waals surface area contributed by atoms with Gasteiger partial charge in [-0.3, -0.25) is 0 Å². The second-order valence-corrected chi connectivity index (χ2v) is 6.78. The fourth-order valence-corrected chi connectivity index (χ4v) is 3.42. The number of ether oxygens (including phenoxy) is 2. The molecule has 0 aliphatic rings. The van der Waals surface area contributed by atoms with Gasteiger partial charge in [-0.2, -0.15) is 0 Å². The van der Waals surface area contributed by atoms with E-state index in [0.29, 0.717) is 43.4 Å². The van der Waals surface area contributed by atoms with Gasteiger partial charge < -0.3 is 14.8 Å². The van der Waals surface area contributed by atoms with Crippen molar-refractivity contribution in [2.24, 2.45) is 0 Å². The maximum atomic E-state index is 12.2. The number of nitrogens with one attached hydrogen (secondary N) is 1. The van der Waals surface area contributed by atoms with Crippen LogP contribution in [0.2, 0.25) is 0 Å². The van der Waals surface area contributed by atoms with E-state index in [1.807, 2.05) is 13.0 Å². The summed E-state index contributed by atoms with van der Waals surface area (Å²) >= 11 is 0. The van der Waals surface area contributed by atoms with E-state index in [9.17, 15) is 8.42 Å². The molecule has 0 heterocycles. The number of para-hydroxylation sites is 1. The first kappa shape index (κ1) is 17.9. The summed E-state index contributed by atoms with van der Waals surface area (Å²) in [6.07, 6.45) is 1.43. The first-order valence-electron chi connectivity index (χ1n) is 7.24. The summed E-state index contributed by atoms with van der Waals surface area (Å²) in [4.78, 5) is 0.382. The summed E-state index contributed by atoms with van der Waals surface area (Å²) in [5, 5.41) is 3.18. The van der Waals surface area contributed by atoms with Crippen molar-refractivity contribution in [2.75, 3.05) is 44.5 Å². The van der Waals surface area contributed by atoms with Gasteiger partial charge in [-0.25, -0.2) is 8.42 Å². The lowest BCUT2D eigenvalue weighted by molar-refractivity contribution is 0.0705. The van der Waals surface area contributed by atoms with Crippen LogP contribution in [0.1, 0.15) is 19.8 Å². The number of benzene rings is 1. The number of sulfone groups is 1. The lowest BCUT2D eigenvalue weighted by atomic mass is 10.3. The lowest BCUT2D eigenvalue weighted by Crippen LogP contribution is -2.12. The summed E-state index contributed by atoms with van der Waals surface area (Å²) in [6.45, 7) is 4.33. The van der Waals surface area contributed by atoms with E-state index in [1.54, 1.807) is 25.3 Å². The van der Waals surface area contributed by atoms with Crippen LogP contribution in [0.15, 0.2) is 29.2 Å². The van der Waals surface area contributed by atoms with Gasteiger partial charge in [-0.15, -0.1) is 0 Å². The molecule has 0 spiro atoms. The van der Waals surface area contributed by atoms with E-state index in [0.717, 1.165) is 6.42 Å². The van der Waals surface area contributed by atoms with Gasteiger partial charge in [0.15, 0.2) is 9.84 Å². The molecule has 0 bridgehead atoms. The molecule has 1 rings (SSSR count). The molecule has 21 heavy (non-hydrogen) atoms. The average Bonchev–Trinajstić information content (AvgIpc) is 2.46. The number of anilines is 1. The molecular formula is C15H25NO4S. The van der Waals surface area contributed by atoms with Crippen LogP contribution in [0.4, 0.5) is 5.69 Å². The quantitative estimate of drug-likeness (QED) is 0.635. The third-order valence-electron chi connectivity index (χ3n) is 2.91. The van der Waals surface area contributed by atoms with Gasteiger partial charge in [-0.05, 0) is 25.0 Å². The van der Waals surface area contributed by atoms with Crippen LogP contribution in [-0.2, 0) is 19.3 Å². The van der Waals surface area contributed by atoms with Crippen LogP contribution < -0.4 is 5.32 Å². The zero-order valence-electron chi connectivity index (χ0n) is 12.8. The van der Waals surface area contributed by atoms with E-state index < -0.39 is 9.84 Å². The van der Waals surface area contributed by atoms with Gasteiger partial charge in [0.2, 0.25) is 0 Å². The summed E-state index contributed by atoms with van der Waals surface area (Å²) in [7, 11) is -1.57. The summed E-state index contributed by atoms with van der Waals surface area (Å²) in [5.41, 5.74) is 0.669. The summed E-state index contributed by atoms with van der Waals surface area (Å²) in [5.74, 6) is 0.172. The average molecular weight is 315 g/mol. The van der Waals surface area contributed by atoms with Crippen molar-refractivity contribution in [1.29, 1.82) is 0 Å². The Labute approximate surface area is 127 Å². The van der Waals surface area contributed by atoms with Crippen LogP contribution in [0, 0.1) is 0 Å². The third kappa shape index (κ3) is 6.46. The van der Waals surface area contributed by atoms with Crippen LogP contribution in [0.25, 0.3) is 0 Å². The molecule has 0 saturated carbocycles. The molecule has 6 heteroatoms. The van der Waals surface area contributed by atoms with Crippen molar-refractivity contribution in [3.05, 3.63) is 24.3 Å². The maximum Gasteiger partial charge on any atom is 0.180 e. The Kier molecular flexibility index (Phi) is 8.34.